The summed E-state index contributed by atoms with van der Waals surface area (Å²) in [6.07, 6.45) is 0.521. The van der Waals surface area contributed by atoms with Crippen LogP contribution in [0.5, 0.6) is 11.5 Å². The fourth-order valence-corrected chi connectivity index (χ4v) is 4.93. The third-order valence-corrected chi connectivity index (χ3v) is 6.34. The van der Waals surface area contributed by atoms with E-state index in [0.717, 1.165) is 11.4 Å². The molecule has 1 aliphatic rings. The van der Waals surface area contributed by atoms with E-state index in [1.807, 2.05) is 61.5 Å². The van der Waals surface area contributed by atoms with Crippen LogP contribution in [0.2, 0.25) is 0 Å². The number of benzene rings is 2. The van der Waals surface area contributed by atoms with Gasteiger partial charge in [0, 0.05) is 18.3 Å². The van der Waals surface area contributed by atoms with Gasteiger partial charge in [-0.25, -0.2) is 8.42 Å². The van der Waals surface area contributed by atoms with E-state index in [-0.39, 0.29) is 30.0 Å². The van der Waals surface area contributed by atoms with Gasteiger partial charge < -0.3 is 15.0 Å². The molecule has 1 N–H and O–H groups in total. The number of sulfone groups is 1. The molecule has 0 saturated carbocycles. The molecular formula is C20H24N2O4S. The number of carbonyl (C=O) groups is 1. The normalized spacial score (nSPS) is 18.0. The molecule has 144 valence electrons. The molecule has 1 heterocycles. The number of amides is 1. The Labute approximate surface area is 160 Å². The molecule has 2 aromatic carbocycles. The maximum atomic E-state index is 12.5. The lowest BCUT2D eigenvalue weighted by molar-refractivity contribution is -0.130. The van der Waals surface area contributed by atoms with Crippen molar-refractivity contribution in [3.8, 4) is 11.5 Å². The molecule has 0 aromatic heterocycles. The number of nitrogens with zero attached hydrogens (tertiary/aromatic N) is 1. The summed E-state index contributed by atoms with van der Waals surface area (Å²) in [5, 5.41) is 3.10. The second kappa shape index (κ2) is 8.43. The molecule has 6 nitrogen and oxygen atoms in total. The van der Waals surface area contributed by atoms with Gasteiger partial charge in [-0.05, 0) is 49.7 Å². The molecule has 1 unspecified atom stereocenters. The average molecular weight is 388 g/mol. The predicted octanol–water partition coefficient (Wildman–Crippen LogP) is 2.93. The third-order valence-electron chi connectivity index (χ3n) is 4.59. The lowest BCUT2D eigenvalue weighted by atomic mass is 10.2. The van der Waals surface area contributed by atoms with Gasteiger partial charge in [0.1, 0.15) is 11.5 Å². The summed E-state index contributed by atoms with van der Waals surface area (Å²) >= 11 is 0. The molecule has 0 bridgehead atoms. The van der Waals surface area contributed by atoms with Crippen molar-refractivity contribution in [3.05, 3.63) is 54.6 Å². The van der Waals surface area contributed by atoms with Crippen LogP contribution >= 0.6 is 0 Å². The van der Waals surface area contributed by atoms with E-state index >= 15 is 0 Å². The van der Waals surface area contributed by atoms with Crippen molar-refractivity contribution < 1.29 is 17.9 Å². The molecule has 2 aromatic rings. The van der Waals surface area contributed by atoms with E-state index < -0.39 is 9.84 Å². The Morgan fingerprint density at radius 3 is 2.37 bits per heavy atom. The summed E-state index contributed by atoms with van der Waals surface area (Å²) in [4.78, 5) is 14.2. The van der Waals surface area contributed by atoms with E-state index in [9.17, 15) is 13.2 Å². The van der Waals surface area contributed by atoms with Crippen molar-refractivity contribution in [1.82, 2.24) is 4.90 Å². The summed E-state index contributed by atoms with van der Waals surface area (Å²) in [5.41, 5.74) is 0.804. The number of ether oxygens (including phenoxy) is 1. The fraction of sp³-hybridized carbons (Fsp3) is 0.350. The number of nitrogens with one attached hydrogen (secondary N) is 1. The zero-order chi connectivity index (χ0) is 19.3. The molecule has 0 spiro atoms. The van der Waals surface area contributed by atoms with Crippen LogP contribution in [0.1, 0.15) is 13.3 Å². The second-order valence-electron chi connectivity index (χ2n) is 6.53. The first kappa shape index (κ1) is 19.2. The van der Waals surface area contributed by atoms with Crippen molar-refractivity contribution in [2.75, 3.05) is 29.9 Å². The summed E-state index contributed by atoms with van der Waals surface area (Å²) in [6, 6.07) is 16.7. The summed E-state index contributed by atoms with van der Waals surface area (Å²) < 4.78 is 29.1. The first-order chi connectivity index (χ1) is 13.0. The minimum absolute atomic E-state index is 0.0676. The number of anilines is 1. The highest BCUT2D eigenvalue weighted by Crippen LogP contribution is 2.23. The minimum atomic E-state index is -3.01. The van der Waals surface area contributed by atoms with Crippen molar-refractivity contribution >= 4 is 21.4 Å². The first-order valence-corrected chi connectivity index (χ1v) is 10.9. The molecule has 1 atom stereocenters. The summed E-state index contributed by atoms with van der Waals surface area (Å²) in [5.74, 6) is 1.61. The van der Waals surface area contributed by atoms with Gasteiger partial charge in [0.25, 0.3) is 0 Å². The molecule has 1 amide bonds. The predicted molar refractivity (Wildman–Crippen MR) is 106 cm³/mol. The molecule has 0 aliphatic carbocycles. The van der Waals surface area contributed by atoms with E-state index in [4.69, 9.17) is 4.74 Å². The largest absolute Gasteiger partial charge is 0.457 e. The van der Waals surface area contributed by atoms with Gasteiger partial charge in [-0.1, -0.05) is 18.2 Å². The molecular weight excluding hydrogens is 364 g/mol. The number of carbonyl (C=O) groups excluding carboxylic acids is 1. The van der Waals surface area contributed by atoms with Crippen molar-refractivity contribution in [2.24, 2.45) is 0 Å². The maximum Gasteiger partial charge on any atom is 0.242 e. The Bertz CT molecular complexity index is 867. The Kier molecular flexibility index (Phi) is 6.01. The molecule has 0 radical (unpaired) electrons. The van der Waals surface area contributed by atoms with Crippen LogP contribution in [0.4, 0.5) is 5.69 Å². The lowest BCUT2D eigenvalue weighted by Gasteiger charge is -2.27. The van der Waals surface area contributed by atoms with E-state index in [1.54, 1.807) is 4.90 Å². The van der Waals surface area contributed by atoms with Crippen LogP contribution in [-0.4, -0.2) is 49.9 Å². The highest BCUT2D eigenvalue weighted by atomic mass is 32.2. The van der Waals surface area contributed by atoms with Crippen LogP contribution in [0.3, 0.4) is 0 Å². The van der Waals surface area contributed by atoms with Crippen LogP contribution in [0.25, 0.3) is 0 Å². The second-order valence-corrected chi connectivity index (χ2v) is 8.76. The minimum Gasteiger partial charge on any atom is -0.457 e. The Morgan fingerprint density at radius 1 is 1.11 bits per heavy atom. The zero-order valence-electron chi connectivity index (χ0n) is 15.3. The number of hydrogen-bond donors (Lipinski definition) is 1. The fourth-order valence-electron chi connectivity index (χ4n) is 3.20. The topological polar surface area (TPSA) is 75.7 Å². The third kappa shape index (κ3) is 5.23. The Hall–Kier alpha value is -2.54. The van der Waals surface area contributed by atoms with Crippen LogP contribution in [0, 0.1) is 0 Å². The number of rotatable bonds is 7. The first-order valence-electron chi connectivity index (χ1n) is 9.03. The molecule has 7 heteroatoms. The maximum absolute atomic E-state index is 12.5. The molecule has 1 saturated heterocycles. The molecule has 1 fully saturated rings. The highest BCUT2D eigenvalue weighted by Gasteiger charge is 2.33. The van der Waals surface area contributed by atoms with Crippen molar-refractivity contribution in [2.45, 2.75) is 19.4 Å². The SMILES string of the molecule is CCN(C(=O)CNc1ccc(Oc2ccccc2)cc1)C1CCS(=O)(=O)C1. The molecule has 27 heavy (non-hydrogen) atoms. The number of para-hydroxylation sites is 1. The highest BCUT2D eigenvalue weighted by molar-refractivity contribution is 7.91. The van der Waals surface area contributed by atoms with Gasteiger partial charge in [0.05, 0.1) is 18.1 Å². The van der Waals surface area contributed by atoms with E-state index in [0.29, 0.717) is 18.7 Å². The average Bonchev–Trinajstić information content (AvgIpc) is 3.02. The number of hydrogen-bond acceptors (Lipinski definition) is 5. The van der Waals surface area contributed by atoms with Gasteiger partial charge >= 0.3 is 0 Å². The zero-order valence-corrected chi connectivity index (χ0v) is 16.1. The van der Waals surface area contributed by atoms with Gasteiger partial charge in [0.2, 0.25) is 5.91 Å². The number of likely N-dealkylation sites (N-methyl/N-ethyl adjacent to an activating group) is 1. The van der Waals surface area contributed by atoms with E-state index in [2.05, 4.69) is 5.32 Å². The van der Waals surface area contributed by atoms with Crippen molar-refractivity contribution in [3.63, 3.8) is 0 Å². The van der Waals surface area contributed by atoms with Crippen LogP contribution in [0.15, 0.2) is 54.6 Å². The standard InChI is InChI=1S/C20H24N2O4S/c1-2-22(17-12-13-27(24,25)15-17)20(23)14-21-16-8-10-19(11-9-16)26-18-6-4-3-5-7-18/h3-11,17,21H,2,12-15H2,1H3. The van der Waals surface area contributed by atoms with Crippen molar-refractivity contribution in [1.29, 1.82) is 0 Å². The van der Waals surface area contributed by atoms with Gasteiger partial charge in [-0.3, -0.25) is 4.79 Å². The van der Waals surface area contributed by atoms with E-state index in [1.165, 1.54) is 0 Å². The molecule has 3 rings (SSSR count). The van der Waals surface area contributed by atoms with Crippen LogP contribution in [-0.2, 0) is 14.6 Å². The Morgan fingerprint density at radius 2 is 1.78 bits per heavy atom. The quantitative estimate of drug-likeness (QED) is 0.789. The molecule has 1 aliphatic heterocycles. The summed E-state index contributed by atoms with van der Waals surface area (Å²) in [6.45, 7) is 2.51. The van der Waals surface area contributed by atoms with Gasteiger partial charge in [0.15, 0.2) is 9.84 Å². The Balaban J connectivity index is 1.53. The monoisotopic (exact) mass is 388 g/mol. The smallest absolute Gasteiger partial charge is 0.242 e. The van der Waals surface area contributed by atoms with Gasteiger partial charge in [-0.2, -0.15) is 0 Å². The lowest BCUT2D eigenvalue weighted by Crippen LogP contribution is -2.43. The van der Waals surface area contributed by atoms with Crippen LogP contribution < -0.4 is 10.1 Å². The summed E-state index contributed by atoms with van der Waals surface area (Å²) in [7, 11) is -3.01. The van der Waals surface area contributed by atoms with Gasteiger partial charge in [-0.15, -0.1) is 0 Å².